The molecule has 8 nitrogen and oxygen atoms in total. The van der Waals surface area contributed by atoms with E-state index in [0.29, 0.717) is 15.7 Å². The summed E-state index contributed by atoms with van der Waals surface area (Å²) in [6.07, 6.45) is -4.56. The van der Waals surface area contributed by atoms with Crippen LogP contribution in [0.5, 0.6) is 0 Å². The Bertz CT molecular complexity index is 1170. The summed E-state index contributed by atoms with van der Waals surface area (Å²) in [7, 11) is 0. The van der Waals surface area contributed by atoms with Gasteiger partial charge in [0.15, 0.2) is 4.34 Å². The number of nitrogens with one attached hydrogen (secondary N) is 3. The van der Waals surface area contributed by atoms with Gasteiger partial charge in [-0.1, -0.05) is 29.2 Å². The van der Waals surface area contributed by atoms with Crippen LogP contribution in [0.3, 0.4) is 0 Å². The Labute approximate surface area is 194 Å². The second-order valence-electron chi connectivity index (χ2n) is 6.50. The first-order valence-electron chi connectivity index (χ1n) is 9.22. The fourth-order valence-electron chi connectivity index (χ4n) is 2.49. The summed E-state index contributed by atoms with van der Waals surface area (Å²) in [6.45, 7) is 1.39. The van der Waals surface area contributed by atoms with Gasteiger partial charge in [-0.15, -0.1) is 10.2 Å². The summed E-state index contributed by atoms with van der Waals surface area (Å²) < 4.78 is 38.8. The number of nitrogens with zero attached hydrogens (tertiary/aromatic N) is 2. The summed E-state index contributed by atoms with van der Waals surface area (Å²) in [5.74, 6) is -1.25. The Morgan fingerprint density at radius 3 is 2.27 bits per heavy atom. The Morgan fingerprint density at radius 1 is 0.970 bits per heavy atom. The van der Waals surface area contributed by atoms with Gasteiger partial charge < -0.3 is 10.6 Å². The molecule has 0 unspecified atom stereocenters. The minimum absolute atomic E-state index is 0.0175. The van der Waals surface area contributed by atoms with Crippen molar-refractivity contribution in [2.24, 2.45) is 0 Å². The fourth-order valence-corrected chi connectivity index (χ4v) is 4.04. The van der Waals surface area contributed by atoms with E-state index in [1.54, 1.807) is 24.3 Å². The second-order valence-corrected chi connectivity index (χ2v) is 8.70. The van der Waals surface area contributed by atoms with Gasteiger partial charge in [-0.05, 0) is 42.5 Å². The molecule has 3 N–H and O–H groups in total. The third-order valence-electron chi connectivity index (χ3n) is 3.89. The van der Waals surface area contributed by atoms with Gasteiger partial charge in [0.05, 0.1) is 11.3 Å². The van der Waals surface area contributed by atoms with Crippen LogP contribution in [-0.4, -0.2) is 33.7 Å². The second kappa shape index (κ2) is 10.4. The number of aromatic nitrogens is 2. The lowest BCUT2D eigenvalue weighted by Crippen LogP contribution is -2.14. The molecule has 13 heteroatoms. The molecule has 0 aliphatic rings. The normalized spacial score (nSPS) is 11.0. The molecule has 3 amide bonds. The molecule has 0 spiro atoms. The molecule has 0 aliphatic carbocycles. The Kier molecular flexibility index (Phi) is 7.66. The van der Waals surface area contributed by atoms with Gasteiger partial charge in [-0.3, -0.25) is 19.7 Å². The fraction of sp³-hybridized carbons (Fsp3) is 0.150. The Balaban J connectivity index is 1.51. The van der Waals surface area contributed by atoms with E-state index in [9.17, 15) is 27.6 Å². The Hall–Kier alpha value is -3.45. The standard InChI is InChI=1S/C20H16F3N5O3S2/c1-11(29)24-14-5-7-15(8-6-14)25-16(30)10-32-19-28-27-18(33-19)26-17(31)12-3-2-4-13(9-12)20(21,22)23/h2-9H,10H2,1H3,(H,24,29)(H,25,30)(H,26,27,31). The number of rotatable bonds is 7. The molecule has 0 saturated carbocycles. The molecular formula is C20H16F3N5O3S2. The van der Waals surface area contributed by atoms with Crippen LogP contribution in [0.15, 0.2) is 52.9 Å². The van der Waals surface area contributed by atoms with Gasteiger partial charge >= 0.3 is 6.18 Å². The number of carbonyl (C=O) groups excluding carboxylic acids is 3. The lowest BCUT2D eigenvalue weighted by Gasteiger charge is -2.08. The first-order valence-corrected chi connectivity index (χ1v) is 11.0. The molecule has 0 aliphatic heterocycles. The number of carbonyl (C=O) groups is 3. The van der Waals surface area contributed by atoms with E-state index in [-0.39, 0.29) is 28.3 Å². The van der Waals surface area contributed by atoms with Crippen LogP contribution < -0.4 is 16.0 Å². The van der Waals surface area contributed by atoms with Gasteiger partial charge in [0.2, 0.25) is 16.9 Å². The van der Waals surface area contributed by atoms with Crippen molar-refractivity contribution in [2.45, 2.75) is 17.4 Å². The molecule has 1 heterocycles. The largest absolute Gasteiger partial charge is 0.416 e. The topological polar surface area (TPSA) is 113 Å². The zero-order valence-electron chi connectivity index (χ0n) is 16.9. The SMILES string of the molecule is CC(=O)Nc1ccc(NC(=O)CSc2nnc(NC(=O)c3cccc(C(F)(F)F)c3)s2)cc1. The predicted octanol–water partition coefficient (Wildman–Crippen LogP) is 4.50. The first-order chi connectivity index (χ1) is 15.6. The quantitative estimate of drug-likeness (QED) is 0.329. The van der Waals surface area contributed by atoms with E-state index in [0.717, 1.165) is 41.3 Å². The molecule has 0 radical (unpaired) electrons. The van der Waals surface area contributed by atoms with Crippen molar-refractivity contribution >= 4 is 57.3 Å². The summed E-state index contributed by atoms with van der Waals surface area (Å²) in [5, 5.41) is 15.4. The van der Waals surface area contributed by atoms with Crippen molar-refractivity contribution in [2.75, 3.05) is 21.7 Å². The molecule has 3 rings (SSSR count). The van der Waals surface area contributed by atoms with E-state index < -0.39 is 17.6 Å². The molecule has 0 bridgehead atoms. The maximum atomic E-state index is 12.8. The van der Waals surface area contributed by atoms with Crippen molar-refractivity contribution in [1.29, 1.82) is 0 Å². The van der Waals surface area contributed by atoms with E-state index >= 15 is 0 Å². The molecule has 172 valence electrons. The lowest BCUT2D eigenvalue weighted by atomic mass is 10.1. The Morgan fingerprint density at radius 2 is 1.64 bits per heavy atom. The van der Waals surface area contributed by atoms with Crippen molar-refractivity contribution in [1.82, 2.24) is 10.2 Å². The first kappa shape index (κ1) is 24.2. The number of benzene rings is 2. The van der Waals surface area contributed by atoms with Gasteiger partial charge in [0.25, 0.3) is 5.91 Å². The van der Waals surface area contributed by atoms with Crippen molar-refractivity contribution in [3.8, 4) is 0 Å². The van der Waals surface area contributed by atoms with E-state index in [1.165, 1.54) is 13.0 Å². The number of hydrogen-bond donors (Lipinski definition) is 3. The zero-order chi connectivity index (χ0) is 24.0. The number of alkyl halides is 3. The minimum atomic E-state index is -4.56. The smallest absolute Gasteiger partial charge is 0.326 e. The summed E-state index contributed by atoms with van der Waals surface area (Å²) in [6, 6.07) is 10.6. The van der Waals surface area contributed by atoms with Crippen LogP contribution in [0, 0.1) is 0 Å². The molecular weight excluding hydrogens is 479 g/mol. The van der Waals surface area contributed by atoms with Crippen molar-refractivity contribution in [3.05, 3.63) is 59.7 Å². The third kappa shape index (κ3) is 7.29. The van der Waals surface area contributed by atoms with Crippen molar-refractivity contribution in [3.63, 3.8) is 0 Å². The molecule has 33 heavy (non-hydrogen) atoms. The third-order valence-corrected chi connectivity index (χ3v) is 5.87. The molecule has 2 aromatic carbocycles. The zero-order valence-corrected chi connectivity index (χ0v) is 18.5. The molecule has 0 saturated heterocycles. The van der Waals surface area contributed by atoms with Crippen LogP contribution in [0.1, 0.15) is 22.8 Å². The highest BCUT2D eigenvalue weighted by molar-refractivity contribution is 8.01. The van der Waals surface area contributed by atoms with E-state index in [4.69, 9.17) is 0 Å². The van der Waals surface area contributed by atoms with Gasteiger partial charge in [0, 0.05) is 23.9 Å². The number of amides is 3. The maximum absolute atomic E-state index is 12.8. The predicted molar refractivity (Wildman–Crippen MR) is 119 cm³/mol. The average Bonchev–Trinajstić information content (AvgIpc) is 3.20. The van der Waals surface area contributed by atoms with Crippen LogP contribution in [-0.2, 0) is 15.8 Å². The van der Waals surface area contributed by atoms with Crippen LogP contribution in [0.25, 0.3) is 0 Å². The highest BCUT2D eigenvalue weighted by Gasteiger charge is 2.31. The maximum Gasteiger partial charge on any atom is 0.416 e. The van der Waals surface area contributed by atoms with Crippen molar-refractivity contribution < 1.29 is 27.6 Å². The molecule has 1 aromatic heterocycles. The van der Waals surface area contributed by atoms with Gasteiger partial charge in [0.1, 0.15) is 0 Å². The minimum Gasteiger partial charge on any atom is -0.326 e. The number of thioether (sulfide) groups is 1. The monoisotopic (exact) mass is 495 g/mol. The lowest BCUT2D eigenvalue weighted by molar-refractivity contribution is -0.137. The average molecular weight is 496 g/mol. The highest BCUT2D eigenvalue weighted by Crippen LogP contribution is 2.30. The number of anilines is 3. The van der Waals surface area contributed by atoms with E-state index in [2.05, 4.69) is 26.1 Å². The van der Waals surface area contributed by atoms with Crippen LogP contribution >= 0.6 is 23.1 Å². The number of halogens is 3. The van der Waals surface area contributed by atoms with Crippen LogP contribution in [0.2, 0.25) is 0 Å². The summed E-state index contributed by atoms with van der Waals surface area (Å²) >= 11 is 2.07. The molecule has 0 fully saturated rings. The summed E-state index contributed by atoms with van der Waals surface area (Å²) in [5.41, 5.74) is 0.0435. The van der Waals surface area contributed by atoms with Gasteiger partial charge in [-0.2, -0.15) is 13.2 Å². The van der Waals surface area contributed by atoms with Crippen LogP contribution in [0.4, 0.5) is 29.7 Å². The van der Waals surface area contributed by atoms with E-state index in [1.807, 2.05) is 0 Å². The summed E-state index contributed by atoms with van der Waals surface area (Å²) in [4.78, 5) is 35.4. The number of hydrogen-bond acceptors (Lipinski definition) is 7. The highest BCUT2D eigenvalue weighted by atomic mass is 32.2. The van der Waals surface area contributed by atoms with Gasteiger partial charge in [-0.25, -0.2) is 0 Å². The molecule has 3 aromatic rings. The molecule has 0 atom stereocenters.